The summed E-state index contributed by atoms with van der Waals surface area (Å²) in [7, 11) is 0. The van der Waals surface area contributed by atoms with E-state index in [1.807, 2.05) is 0 Å². The molecule has 0 unspecified atom stereocenters. The van der Waals surface area contributed by atoms with Crippen molar-refractivity contribution in [2.75, 3.05) is 13.2 Å². The SMILES string of the molecule is CCOC(=O)OC[C@@H]1CC[C@H](n2cnc3c(=O)[nH]cnc32)O1. The lowest BCUT2D eigenvalue weighted by Gasteiger charge is -2.15. The highest BCUT2D eigenvalue weighted by Gasteiger charge is 2.29. The van der Waals surface area contributed by atoms with Crippen molar-refractivity contribution < 1.29 is 19.0 Å². The van der Waals surface area contributed by atoms with Crippen molar-refractivity contribution in [2.24, 2.45) is 0 Å². The highest BCUT2D eigenvalue weighted by Crippen LogP contribution is 2.29. The van der Waals surface area contributed by atoms with Gasteiger partial charge in [-0.1, -0.05) is 0 Å². The van der Waals surface area contributed by atoms with E-state index in [9.17, 15) is 9.59 Å². The normalized spacial score (nSPS) is 21.1. The van der Waals surface area contributed by atoms with E-state index in [1.54, 1.807) is 11.5 Å². The number of nitrogens with one attached hydrogen (secondary N) is 1. The summed E-state index contributed by atoms with van der Waals surface area (Å²) < 4.78 is 17.2. The van der Waals surface area contributed by atoms with Crippen molar-refractivity contribution in [1.82, 2.24) is 19.5 Å². The first-order valence-corrected chi connectivity index (χ1v) is 7.04. The second kappa shape index (κ2) is 6.14. The van der Waals surface area contributed by atoms with Gasteiger partial charge in [-0.3, -0.25) is 9.36 Å². The molecule has 2 atom stereocenters. The molecular weight excluding hydrogens is 292 g/mol. The highest BCUT2D eigenvalue weighted by molar-refractivity contribution is 5.68. The molecule has 118 valence electrons. The topological polar surface area (TPSA) is 108 Å². The van der Waals surface area contributed by atoms with Crippen LogP contribution in [0.1, 0.15) is 26.0 Å². The van der Waals surface area contributed by atoms with Gasteiger partial charge in [0.25, 0.3) is 5.56 Å². The quantitative estimate of drug-likeness (QED) is 0.838. The van der Waals surface area contributed by atoms with Crippen molar-refractivity contribution in [3.05, 3.63) is 23.0 Å². The van der Waals surface area contributed by atoms with Crippen molar-refractivity contribution >= 4 is 17.3 Å². The lowest BCUT2D eigenvalue weighted by molar-refractivity contribution is -0.0364. The van der Waals surface area contributed by atoms with Gasteiger partial charge in [0.1, 0.15) is 12.8 Å². The number of H-pyrrole nitrogens is 1. The van der Waals surface area contributed by atoms with E-state index < -0.39 is 6.16 Å². The Morgan fingerprint density at radius 2 is 2.32 bits per heavy atom. The summed E-state index contributed by atoms with van der Waals surface area (Å²) in [6.45, 7) is 2.12. The number of fused-ring (bicyclic) bond motifs is 1. The Kier molecular flexibility index (Phi) is 4.05. The number of carbonyl (C=O) groups is 1. The Morgan fingerprint density at radius 3 is 3.14 bits per heavy atom. The fourth-order valence-electron chi connectivity index (χ4n) is 2.41. The number of carbonyl (C=O) groups excluding carboxylic acids is 1. The summed E-state index contributed by atoms with van der Waals surface area (Å²) >= 11 is 0. The van der Waals surface area contributed by atoms with E-state index in [2.05, 4.69) is 15.0 Å². The Balaban J connectivity index is 1.66. The van der Waals surface area contributed by atoms with E-state index in [1.165, 1.54) is 12.7 Å². The molecule has 0 spiro atoms. The standard InChI is InChI=1S/C13H16N4O5/c1-2-20-13(19)21-5-8-3-4-9(22-8)17-7-16-10-11(17)14-6-15-12(10)18/h6-9H,2-5H2,1H3,(H,14,15,18)/t8-,9+/m0/s1. The second-order valence-electron chi connectivity index (χ2n) is 4.84. The molecule has 1 aliphatic heterocycles. The van der Waals surface area contributed by atoms with Crippen LogP contribution in [0.2, 0.25) is 0 Å². The third-order valence-electron chi connectivity index (χ3n) is 3.41. The van der Waals surface area contributed by atoms with Gasteiger partial charge in [-0.05, 0) is 19.8 Å². The van der Waals surface area contributed by atoms with E-state index in [-0.39, 0.29) is 36.6 Å². The van der Waals surface area contributed by atoms with Crippen molar-refractivity contribution in [2.45, 2.75) is 32.1 Å². The lowest BCUT2D eigenvalue weighted by Crippen LogP contribution is -2.20. The maximum absolute atomic E-state index is 11.6. The molecule has 9 nitrogen and oxygen atoms in total. The maximum Gasteiger partial charge on any atom is 0.508 e. The number of nitrogens with zero attached hydrogens (tertiary/aromatic N) is 3. The Bertz CT molecular complexity index is 725. The molecule has 0 aromatic carbocycles. The molecule has 9 heteroatoms. The predicted molar refractivity (Wildman–Crippen MR) is 74.3 cm³/mol. The van der Waals surface area contributed by atoms with Gasteiger partial charge >= 0.3 is 6.16 Å². The first-order chi connectivity index (χ1) is 10.7. The molecule has 2 aromatic rings. The third kappa shape index (κ3) is 2.80. The molecule has 22 heavy (non-hydrogen) atoms. The maximum atomic E-state index is 11.6. The molecule has 3 heterocycles. The monoisotopic (exact) mass is 308 g/mol. The summed E-state index contributed by atoms with van der Waals surface area (Å²) in [6.07, 6.45) is 3.12. The van der Waals surface area contributed by atoms with E-state index in [0.717, 1.165) is 12.8 Å². The molecule has 1 aliphatic rings. The van der Waals surface area contributed by atoms with E-state index in [4.69, 9.17) is 14.2 Å². The Hall–Kier alpha value is -2.42. The number of aromatic nitrogens is 4. The highest BCUT2D eigenvalue weighted by atomic mass is 16.7. The smallest absolute Gasteiger partial charge is 0.435 e. The number of aromatic amines is 1. The number of ether oxygens (including phenoxy) is 3. The average Bonchev–Trinajstić information content (AvgIpc) is 3.12. The van der Waals surface area contributed by atoms with Crippen molar-refractivity contribution in [1.29, 1.82) is 0 Å². The minimum Gasteiger partial charge on any atom is -0.435 e. The number of imidazole rings is 1. The van der Waals surface area contributed by atoms with Crippen LogP contribution in [0, 0.1) is 0 Å². The van der Waals surface area contributed by atoms with Crippen LogP contribution in [-0.2, 0) is 14.2 Å². The minimum atomic E-state index is -0.698. The van der Waals surface area contributed by atoms with E-state index >= 15 is 0 Å². The van der Waals surface area contributed by atoms with Gasteiger partial charge in [-0.25, -0.2) is 14.8 Å². The molecule has 0 radical (unpaired) electrons. The number of hydrogen-bond acceptors (Lipinski definition) is 7. The van der Waals surface area contributed by atoms with Crippen LogP contribution in [0.5, 0.6) is 0 Å². The van der Waals surface area contributed by atoms with Crippen LogP contribution < -0.4 is 5.56 Å². The fourth-order valence-corrected chi connectivity index (χ4v) is 2.41. The van der Waals surface area contributed by atoms with Crippen LogP contribution in [0.15, 0.2) is 17.4 Å². The fraction of sp³-hybridized carbons (Fsp3) is 0.538. The predicted octanol–water partition coefficient (Wildman–Crippen LogP) is 0.970. The third-order valence-corrected chi connectivity index (χ3v) is 3.41. The zero-order chi connectivity index (χ0) is 15.5. The molecule has 3 rings (SSSR count). The minimum absolute atomic E-state index is 0.135. The van der Waals surface area contributed by atoms with Gasteiger partial charge in [-0.15, -0.1) is 0 Å². The summed E-state index contributed by atoms with van der Waals surface area (Å²) in [5, 5.41) is 0. The van der Waals surface area contributed by atoms with Gasteiger partial charge in [0.2, 0.25) is 0 Å². The van der Waals surface area contributed by atoms with Gasteiger partial charge in [-0.2, -0.15) is 0 Å². The summed E-state index contributed by atoms with van der Waals surface area (Å²) in [6, 6.07) is 0. The van der Waals surface area contributed by atoms with Crippen LogP contribution in [0.3, 0.4) is 0 Å². The van der Waals surface area contributed by atoms with Gasteiger partial charge in [0, 0.05) is 0 Å². The summed E-state index contributed by atoms with van der Waals surface area (Å²) in [5.41, 5.74) is 0.460. The molecule has 0 saturated carbocycles. The zero-order valence-electron chi connectivity index (χ0n) is 12.0. The molecule has 0 aliphatic carbocycles. The van der Waals surface area contributed by atoms with E-state index in [0.29, 0.717) is 5.65 Å². The second-order valence-corrected chi connectivity index (χ2v) is 4.84. The lowest BCUT2D eigenvalue weighted by atomic mass is 10.2. The molecule has 1 fully saturated rings. The van der Waals surface area contributed by atoms with Gasteiger partial charge in [0.05, 0.1) is 25.4 Å². The Morgan fingerprint density at radius 1 is 1.45 bits per heavy atom. The molecule has 1 saturated heterocycles. The largest absolute Gasteiger partial charge is 0.508 e. The number of hydrogen-bond donors (Lipinski definition) is 1. The zero-order valence-corrected chi connectivity index (χ0v) is 12.0. The molecule has 2 aromatic heterocycles. The summed E-state index contributed by atoms with van der Waals surface area (Å²) in [4.78, 5) is 33.4. The first kappa shape index (κ1) is 14.5. The van der Waals surface area contributed by atoms with Crippen LogP contribution in [-0.4, -0.2) is 45.0 Å². The van der Waals surface area contributed by atoms with Crippen LogP contribution in [0.4, 0.5) is 4.79 Å². The molecular formula is C13H16N4O5. The van der Waals surface area contributed by atoms with Gasteiger partial charge in [0.15, 0.2) is 11.2 Å². The molecule has 0 bridgehead atoms. The average molecular weight is 308 g/mol. The van der Waals surface area contributed by atoms with Crippen LogP contribution in [0.25, 0.3) is 11.2 Å². The number of rotatable bonds is 4. The first-order valence-electron chi connectivity index (χ1n) is 7.04. The van der Waals surface area contributed by atoms with Crippen molar-refractivity contribution in [3.63, 3.8) is 0 Å². The van der Waals surface area contributed by atoms with Crippen LogP contribution >= 0.6 is 0 Å². The summed E-state index contributed by atoms with van der Waals surface area (Å²) in [5.74, 6) is 0. The van der Waals surface area contributed by atoms with Crippen molar-refractivity contribution in [3.8, 4) is 0 Å². The molecule has 0 amide bonds. The van der Waals surface area contributed by atoms with Gasteiger partial charge < -0.3 is 19.2 Å². The Labute approximate surface area is 125 Å². The molecule has 1 N–H and O–H groups in total.